The maximum atomic E-state index is 9.36. The van der Waals surface area contributed by atoms with Gasteiger partial charge < -0.3 is 9.84 Å². The molecule has 0 aliphatic carbocycles. The lowest BCUT2D eigenvalue weighted by Gasteiger charge is -2.34. The molecule has 0 saturated carbocycles. The minimum absolute atomic E-state index is 0.0701. The molecular formula is C14H17N3O2S. The van der Waals surface area contributed by atoms with Gasteiger partial charge in [-0.15, -0.1) is 11.3 Å². The number of morpholine rings is 1. The topological polar surface area (TPSA) is 58.5 Å². The van der Waals surface area contributed by atoms with E-state index < -0.39 is 0 Å². The maximum absolute atomic E-state index is 9.36. The van der Waals surface area contributed by atoms with E-state index in [2.05, 4.69) is 14.9 Å². The lowest BCUT2D eigenvalue weighted by atomic mass is 10.2. The predicted octanol–water partition coefficient (Wildman–Crippen LogP) is 1.40. The fourth-order valence-electron chi connectivity index (χ4n) is 2.27. The zero-order valence-corrected chi connectivity index (χ0v) is 11.9. The molecule has 2 aromatic heterocycles. The number of aliphatic hydroxyl groups excluding tert-OH is 1. The van der Waals surface area contributed by atoms with Gasteiger partial charge in [0.05, 0.1) is 30.7 Å². The second-order valence-corrected chi connectivity index (χ2v) is 5.72. The van der Waals surface area contributed by atoms with E-state index in [4.69, 9.17) is 4.74 Å². The van der Waals surface area contributed by atoms with Crippen LogP contribution in [0.4, 0.5) is 0 Å². The number of hydrogen-bond donors (Lipinski definition) is 1. The van der Waals surface area contributed by atoms with Crippen LogP contribution in [0.25, 0.3) is 10.7 Å². The summed E-state index contributed by atoms with van der Waals surface area (Å²) in [6.07, 6.45) is 3.73. The number of rotatable bonds is 4. The zero-order valence-electron chi connectivity index (χ0n) is 11.1. The van der Waals surface area contributed by atoms with Crippen LogP contribution >= 0.6 is 11.3 Å². The summed E-state index contributed by atoms with van der Waals surface area (Å²) in [5.74, 6) is 0.768. The molecule has 1 aliphatic heterocycles. The summed E-state index contributed by atoms with van der Waals surface area (Å²) in [4.78, 5) is 12.1. The van der Waals surface area contributed by atoms with E-state index in [9.17, 15) is 5.11 Å². The van der Waals surface area contributed by atoms with E-state index in [1.807, 2.05) is 29.9 Å². The van der Waals surface area contributed by atoms with Crippen molar-refractivity contribution in [1.29, 1.82) is 0 Å². The van der Waals surface area contributed by atoms with Gasteiger partial charge in [0, 0.05) is 31.0 Å². The molecule has 1 unspecified atom stereocenters. The first kappa shape index (κ1) is 13.6. The van der Waals surface area contributed by atoms with E-state index >= 15 is 0 Å². The highest BCUT2D eigenvalue weighted by molar-refractivity contribution is 7.13. The molecule has 1 atom stereocenters. The van der Waals surface area contributed by atoms with Crippen LogP contribution in [0, 0.1) is 0 Å². The Balaban J connectivity index is 1.68. The molecule has 0 spiro atoms. The van der Waals surface area contributed by atoms with Crippen LogP contribution in [-0.2, 0) is 11.3 Å². The Morgan fingerprint density at radius 1 is 1.40 bits per heavy atom. The monoisotopic (exact) mass is 291 g/mol. The van der Waals surface area contributed by atoms with Crippen LogP contribution in [0.1, 0.15) is 5.56 Å². The second-order valence-electron chi connectivity index (χ2n) is 4.77. The van der Waals surface area contributed by atoms with Crippen molar-refractivity contribution < 1.29 is 9.84 Å². The predicted molar refractivity (Wildman–Crippen MR) is 77.4 cm³/mol. The highest BCUT2D eigenvalue weighted by atomic mass is 32.1. The van der Waals surface area contributed by atoms with Crippen molar-refractivity contribution in [2.24, 2.45) is 0 Å². The van der Waals surface area contributed by atoms with Crippen LogP contribution < -0.4 is 0 Å². The van der Waals surface area contributed by atoms with Crippen LogP contribution in [0.3, 0.4) is 0 Å². The van der Waals surface area contributed by atoms with Crippen molar-refractivity contribution in [2.75, 3.05) is 26.4 Å². The fourth-order valence-corrected chi connectivity index (χ4v) is 2.94. The number of aliphatic hydroxyl groups is 1. The zero-order chi connectivity index (χ0) is 13.8. The Kier molecular flexibility index (Phi) is 4.37. The van der Waals surface area contributed by atoms with E-state index in [0.29, 0.717) is 13.2 Å². The Morgan fingerprint density at radius 2 is 2.25 bits per heavy atom. The summed E-state index contributed by atoms with van der Waals surface area (Å²) in [6, 6.07) is 4.08. The summed E-state index contributed by atoms with van der Waals surface area (Å²) < 4.78 is 5.38. The molecule has 2 aromatic rings. The molecule has 1 N–H and O–H groups in total. The van der Waals surface area contributed by atoms with Crippen LogP contribution in [0.15, 0.2) is 29.9 Å². The summed E-state index contributed by atoms with van der Waals surface area (Å²) in [5, 5.41) is 11.4. The van der Waals surface area contributed by atoms with E-state index in [-0.39, 0.29) is 12.6 Å². The third kappa shape index (κ3) is 3.04. The van der Waals surface area contributed by atoms with Crippen LogP contribution in [0.5, 0.6) is 0 Å². The van der Waals surface area contributed by atoms with Gasteiger partial charge in [-0.25, -0.2) is 9.97 Å². The van der Waals surface area contributed by atoms with E-state index in [1.165, 1.54) is 0 Å². The van der Waals surface area contributed by atoms with Gasteiger partial charge in [0.15, 0.2) is 5.82 Å². The van der Waals surface area contributed by atoms with Gasteiger partial charge in [0.25, 0.3) is 0 Å². The molecule has 20 heavy (non-hydrogen) atoms. The molecule has 0 bridgehead atoms. The Bertz CT molecular complexity index is 530. The number of hydrogen-bond acceptors (Lipinski definition) is 6. The minimum Gasteiger partial charge on any atom is -0.395 e. The molecule has 1 fully saturated rings. The summed E-state index contributed by atoms with van der Waals surface area (Å²) in [5.41, 5.74) is 1.06. The first-order valence-electron chi connectivity index (χ1n) is 6.64. The third-order valence-corrected chi connectivity index (χ3v) is 4.26. The Labute approximate surface area is 121 Å². The molecule has 1 aliphatic rings. The van der Waals surface area contributed by atoms with Gasteiger partial charge in [-0.1, -0.05) is 6.07 Å². The number of aromatic nitrogens is 2. The van der Waals surface area contributed by atoms with Crippen molar-refractivity contribution >= 4 is 11.3 Å². The summed E-state index contributed by atoms with van der Waals surface area (Å²) >= 11 is 1.64. The minimum atomic E-state index is 0.0701. The lowest BCUT2D eigenvalue weighted by Crippen LogP contribution is -2.46. The first-order valence-corrected chi connectivity index (χ1v) is 7.52. The fraction of sp³-hybridized carbons (Fsp3) is 0.429. The molecule has 3 rings (SSSR count). The quantitative estimate of drug-likeness (QED) is 0.922. The third-order valence-electron chi connectivity index (χ3n) is 3.39. The van der Waals surface area contributed by atoms with E-state index in [1.54, 1.807) is 11.3 Å². The average Bonchev–Trinajstić information content (AvgIpc) is 3.03. The number of thiophene rings is 1. The van der Waals surface area contributed by atoms with Crippen molar-refractivity contribution in [1.82, 2.24) is 14.9 Å². The standard InChI is InChI=1S/C14H17N3O2S/c18-9-12-10-19-4-3-17(12)8-11-6-15-14(16-7-11)13-2-1-5-20-13/h1-2,5-7,12,18H,3-4,8-10H2. The highest BCUT2D eigenvalue weighted by Crippen LogP contribution is 2.20. The maximum Gasteiger partial charge on any atom is 0.169 e. The van der Waals surface area contributed by atoms with Crippen molar-refractivity contribution in [2.45, 2.75) is 12.6 Å². The number of ether oxygens (including phenoxy) is 1. The summed E-state index contributed by atoms with van der Waals surface area (Å²) in [6.45, 7) is 3.00. The van der Waals surface area contributed by atoms with Crippen molar-refractivity contribution in [3.63, 3.8) is 0 Å². The van der Waals surface area contributed by atoms with Gasteiger partial charge >= 0.3 is 0 Å². The molecule has 6 heteroatoms. The molecule has 0 amide bonds. The molecule has 0 radical (unpaired) electrons. The van der Waals surface area contributed by atoms with Gasteiger partial charge in [-0.3, -0.25) is 4.90 Å². The van der Waals surface area contributed by atoms with Gasteiger partial charge in [0.1, 0.15) is 0 Å². The average molecular weight is 291 g/mol. The van der Waals surface area contributed by atoms with Gasteiger partial charge in [-0.2, -0.15) is 0 Å². The molecule has 1 saturated heterocycles. The SMILES string of the molecule is OCC1COCCN1Cc1cnc(-c2cccs2)nc1. The van der Waals surface area contributed by atoms with Crippen LogP contribution in [-0.4, -0.2) is 52.4 Å². The van der Waals surface area contributed by atoms with Crippen molar-refractivity contribution in [3.8, 4) is 10.7 Å². The lowest BCUT2D eigenvalue weighted by molar-refractivity contribution is -0.0313. The summed E-state index contributed by atoms with van der Waals surface area (Å²) in [7, 11) is 0. The molecule has 5 nitrogen and oxygen atoms in total. The molecule has 0 aromatic carbocycles. The van der Waals surface area contributed by atoms with E-state index in [0.717, 1.165) is 29.4 Å². The Morgan fingerprint density at radius 3 is 2.95 bits per heavy atom. The normalized spacial score (nSPS) is 20.1. The first-order chi connectivity index (χ1) is 9.86. The smallest absolute Gasteiger partial charge is 0.169 e. The van der Waals surface area contributed by atoms with Gasteiger partial charge in [-0.05, 0) is 11.4 Å². The molecule has 3 heterocycles. The van der Waals surface area contributed by atoms with Crippen LogP contribution in [0.2, 0.25) is 0 Å². The number of nitrogens with zero attached hydrogens (tertiary/aromatic N) is 3. The largest absolute Gasteiger partial charge is 0.395 e. The van der Waals surface area contributed by atoms with Gasteiger partial charge in [0.2, 0.25) is 0 Å². The highest BCUT2D eigenvalue weighted by Gasteiger charge is 2.22. The van der Waals surface area contributed by atoms with Crippen molar-refractivity contribution in [3.05, 3.63) is 35.5 Å². The molecular weight excluding hydrogens is 274 g/mol. The second kappa shape index (κ2) is 6.41. The Hall–Kier alpha value is -1.34. The molecule has 106 valence electrons.